The summed E-state index contributed by atoms with van der Waals surface area (Å²) in [4.78, 5) is 18.6. The molecule has 1 saturated heterocycles. The molecular formula is C31H36ClN5O5S. The van der Waals surface area contributed by atoms with Crippen molar-refractivity contribution in [3.63, 3.8) is 0 Å². The van der Waals surface area contributed by atoms with E-state index in [1.165, 1.54) is 11.6 Å². The number of pyridine rings is 1. The molecule has 0 atom stereocenters. The maximum atomic E-state index is 13.3. The highest BCUT2D eigenvalue weighted by Gasteiger charge is 2.27. The van der Waals surface area contributed by atoms with Gasteiger partial charge in [0.25, 0.3) is 0 Å². The third-order valence-corrected chi connectivity index (χ3v) is 8.84. The number of carbonyl (C=O) groups is 1. The first-order valence-corrected chi connectivity index (χ1v) is 16.0. The van der Waals surface area contributed by atoms with Crippen LogP contribution >= 0.6 is 11.6 Å². The molecule has 0 saturated carbocycles. The Hall–Kier alpha value is -3.93. The minimum Gasteiger partial charge on any atom is -0.489 e. The molecule has 1 aliphatic rings. The summed E-state index contributed by atoms with van der Waals surface area (Å²) in [6, 6.07) is 15.9. The summed E-state index contributed by atoms with van der Waals surface area (Å²) in [5, 5.41) is 7.90. The Morgan fingerprint density at radius 2 is 1.91 bits per heavy atom. The van der Waals surface area contributed by atoms with Crippen LogP contribution in [0.2, 0.25) is 5.02 Å². The molecule has 3 N–H and O–H groups in total. The molecular weight excluding hydrogens is 590 g/mol. The molecule has 2 aromatic carbocycles. The lowest BCUT2D eigenvalue weighted by Crippen LogP contribution is -2.38. The van der Waals surface area contributed by atoms with E-state index in [1.54, 1.807) is 61.8 Å². The summed E-state index contributed by atoms with van der Waals surface area (Å²) >= 11 is 6.61. The quantitative estimate of drug-likeness (QED) is 0.161. The van der Waals surface area contributed by atoms with Crippen molar-refractivity contribution in [3.8, 4) is 5.75 Å². The zero-order chi connectivity index (χ0) is 30.8. The van der Waals surface area contributed by atoms with Gasteiger partial charge in [-0.05, 0) is 67.3 Å². The summed E-state index contributed by atoms with van der Waals surface area (Å²) in [6.07, 6.45) is 8.61. The number of likely N-dealkylation sites (tertiary alicyclic amines) is 1. The molecule has 0 radical (unpaired) electrons. The van der Waals surface area contributed by atoms with Crippen molar-refractivity contribution in [2.24, 2.45) is 5.73 Å². The number of nitrogen functional groups attached to an aromatic ring is 1. The van der Waals surface area contributed by atoms with Gasteiger partial charge in [-0.3, -0.25) is 24.4 Å². The molecule has 0 unspecified atom stereocenters. The normalized spacial score (nSPS) is 14.5. The molecule has 10 nitrogen and oxygen atoms in total. The first kappa shape index (κ1) is 32.0. The number of hydrogen-bond donors (Lipinski definition) is 2. The molecule has 0 bridgehead atoms. The average Bonchev–Trinajstić information content (AvgIpc) is 2.98. The Kier molecular flexibility index (Phi) is 11.2. The van der Waals surface area contributed by atoms with Crippen LogP contribution in [0.5, 0.6) is 5.75 Å². The zero-order valence-corrected chi connectivity index (χ0v) is 25.6. The van der Waals surface area contributed by atoms with Gasteiger partial charge in [0.15, 0.2) is 5.75 Å². The highest BCUT2D eigenvalue weighted by atomic mass is 35.5. The molecule has 4 rings (SSSR count). The average molecular weight is 626 g/mol. The van der Waals surface area contributed by atoms with Gasteiger partial charge in [0.1, 0.15) is 17.7 Å². The van der Waals surface area contributed by atoms with E-state index in [2.05, 4.69) is 9.88 Å². The predicted octanol–water partition coefficient (Wildman–Crippen LogP) is 4.48. The van der Waals surface area contributed by atoms with Crippen LogP contribution < -0.4 is 14.8 Å². The fourth-order valence-electron chi connectivity index (χ4n) is 4.76. The van der Waals surface area contributed by atoms with Gasteiger partial charge in [-0.15, -0.1) is 0 Å². The van der Waals surface area contributed by atoms with Crippen molar-refractivity contribution in [1.29, 1.82) is 5.41 Å². The van der Waals surface area contributed by atoms with E-state index in [-0.39, 0.29) is 35.8 Å². The van der Waals surface area contributed by atoms with E-state index in [0.29, 0.717) is 11.3 Å². The number of piperidine rings is 1. The highest BCUT2D eigenvalue weighted by molar-refractivity contribution is 7.93. The lowest BCUT2D eigenvalue weighted by molar-refractivity contribution is -0.139. The Balaban J connectivity index is 1.46. The number of nitrogens with one attached hydrogen (secondary N) is 1. The summed E-state index contributed by atoms with van der Waals surface area (Å²) in [7, 11) is -4.12. The molecule has 0 aliphatic carbocycles. The standard InChI is InChI=1S/C31H36ClN5O5S/c1-2-41-30(38)22-43(39,40)37(16-4-6-23-5-3-7-25(19-23)31(33)34)26-8-9-29(28(32)20-26)42-27-12-17-36(18-13-27)21-24-10-14-35-15-11-24/h3-11,14-15,19-20,27H,2,12-13,16-18,21-22H2,1H3,(H3,33,34). The molecule has 2 heterocycles. The summed E-state index contributed by atoms with van der Waals surface area (Å²) in [5.74, 6) is -1.26. The first-order valence-electron chi connectivity index (χ1n) is 14.0. The maximum absolute atomic E-state index is 13.3. The molecule has 43 heavy (non-hydrogen) atoms. The topological polar surface area (TPSA) is 139 Å². The lowest BCUT2D eigenvalue weighted by atomic mass is 10.1. The van der Waals surface area contributed by atoms with Crippen LogP contribution in [0.25, 0.3) is 6.08 Å². The van der Waals surface area contributed by atoms with E-state index < -0.39 is 21.7 Å². The number of benzene rings is 2. The number of rotatable bonds is 13. The van der Waals surface area contributed by atoms with Crippen LogP contribution in [-0.4, -0.2) is 68.2 Å². The highest BCUT2D eigenvalue weighted by Crippen LogP contribution is 2.33. The maximum Gasteiger partial charge on any atom is 0.323 e. The van der Waals surface area contributed by atoms with E-state index in [1.807, 2.05) is 18.2 Å². The molecule has 1 fully saturated rings. The number of hydrogen-bond acceptors (Lipinski definition) is 8. The second-order valence-corrected chi connectivity index (χ2v) is 12.4. The summed E-state index contributed by atoms with van der Waals surface area (Å²) < 4.78 is 38.9. The SMILES string of the molecule is CCOC(=O)CS(=O)(=O)N(CC=Cc1cccc(C(=N)N)c1)c1ccc(OC2CCN(Cc3ccncc3)CC2)c(Cl)c1. The van der Waals surface area contributed by atoms with Gasteiger partial charge in [0.2, 0.25) is 10.0 Å². The molecule has 1 aliphatic heterocycles. The second kappa shape index (κ2) is 15.0. The first-order chi connectivity index (χ1) is 20.6. The third-order valence-electron chi connectivity index (χ3n) is 6.91. The lowest BCUT2D eigenvalue weighted by Gasteiger charge is -2.32. The fourth-order valence-corrected chi connectivity index (χ4v) is 6.26. The van der Waals surface area contributed by atoms with Gasteiger partial charge >= 0.3 is 5.97 Å². The van der Waals surface area contributed by atoms with E-state index >= 15 is 0 Å². The Labute approximate surface area is 257 Å². The number of nitrogens with two attached hydrogens (primary N) is 1. The number of anilines is 1. The smallest absolute Gasteiger partial charge is 0.323 e. The van der Waals surface area contributed by atoms with Gasteiger partial charge in [-0.2, -0.15) is 0 Å². The van der Waals surface area contributed by atoms with Gasteiger partial charge in [0, 0.05) is 37.6 Å². The molecule has 228 valence electrons. The van der Waals surface area contributed by atoms with Crippen molar-refractivity contribution in [2.45, 2.75) is 32.4 Å². The van der Waals surface area contributed by atoms with Crippen LogP contribution in [0, 0.1) is 5.41 Å². The van der Waals surface area contributed by atoms with Crippen molar-refractivity contribution in [1.82, 2.24) is 9.88 Å². The van der Waals surface area contributed by atoms with Crippen LogP contribution in [-0.2, 0) is 26.1 Å². The summed E-state index contributed by atoms with van der Waals surface area (Å²) in [6.45, 7) is 4.23. The predicted molar refractivity (Wildman–Crippen MR) is 169 cm³/mol. The largest absolute Gasteiger partial charge is 0.489 e. The van der Waals surface area contributed by atoms with Gasteiger partial charge in [-0.25, -0.2) is 8.42 Å². The van der Waals surface area contributed by atoms with Gasteiger partial charge in [0.05, 0.1) is 23.9 Å². The van der Waals surface area contributed by atoms with Crippen molar-refractivity contribution in [2.75, 3.05) is 36.3 Å². The minimum absolute atomic E-state index is 0.0191. The molecule has 0 amide bonds. The number of esters is 1. The van der Waals surface area contributed by atoms with E-state index in [9.17, 15) is 13.2 Å². The van der Waals surface area contributed by atoms with Crippen molar-refractivity contribution in [3.05, 3.63) is 94.8 Å². The number of aromatic nitrogens is 1. The van der Waals surface area contributed by atoms with Crippen LogP contribution in [0.4, 0.5) is 5.69 Å². The molecule has 3 aromatic rings. The van der Waals surface area contributed by atoms with Crippen LogP contribution in [0.3, 0.4) is 0 Å². The van der Waals surface area contributed by atoms with E-state index in [4.69, 9.17) is 32.2 Å². The fraction of sp³-hybridized carbons (Fsp3) is 0.323. The van der Waals surface area contributed by atoms with Crippen molar-refractivity contribution >= 4 is 45.2 Å². The number of ether oxygens (including phenoxy) is 2. The van der Waals surface area contributed by atoms with Gasteiger partial charge in [-0.1, -0.05) is 42.0 Å². The second-order valence-electron chi connectivity index (χ2n) is 10.1. The number of sulfonamides is 1. The molecule has 12 heteroatoms. The third kappa shape index (κ3) is 9.28. The van der Waals surface area contributed by atoms with E-state index in [0.717, 1.165) is 42.3 Å². The molecule has 0 spiro atoms. The van der Waals surface area contributed by atoms with Crippen LogP contribution in [0.15, 0.2) is 73.1 Å². The summed E-state index contributed by atoms with van der Waals surface area (Å²) in [5.41, 5.74) is 8.38. The minimum atomic E-state index is -4.12. The monoisotopic (exact) mass is 625 g/mol. The number of amidine groups is 1. The number of nitrogens with zero attached hydrogens (tertiary/aromatic N) is 3. The Bertz CT molecular complexity index is 1540. The van der Waals surface area contributed by atoms with Gasteiger partial charge < -0.3 is 15.2 Å². The number of halogens is 1. The Morgan fingerprint density at radius 1 is 1.16 bits per heavy atom. The number of carbonyl (C=O) groups excluding carboxylic acids is 1. The zero-order valence-electron chi connectivity index (χ0n) is 24.0. The van der Waals surface area contributed by atoms with Crippen LogP contribution in [0.1, 0.15) is 36.5 Å². The van der Waals surface area contributed by atoms with Crippen molar-refractivity contribution < 1.29 is 22.7 Å². The Morgan fingerprint density at radius 3 is 2.58 bits per heavy atom. The molecule has 1 aromatic heterocycles.